The van der Waals surface area contributed by atoms with E-state index in [-0.39, 0.29) is 11.3 Å². The second kappa shape index (κ2) is 13.2. The van der Waals surface area contributed by atoms with Gasteiger partial charge in [-0.25, -0.2) is 0 Å². The number of aromatic nitrogens is 1. The number of fused-ring (bicyclic) bond motifs is 3. The van der Waals surface area contributed by atoms with Gasteiger partial charge in [-0.2, -0.15) is 0 Å². The first-order valence-corrected chi connectivity index (χ1v) is 12.0. The Morgan fingerprint density at radius 1 is 1.27 bits per heavy atom. The summed E-state index contributed by atoms with van der Waals surface area (Å²) >= 11 is 0. The van der Waals surface area contributed by atoms with Crippen LogP contribution in [-0.4, -0.2) is 43.0 Å². The summed E-state index contributed by atoms with van der Waals surface area (Å²) in [5, 5.41) is 8.17. The average Bonchev–Trinajstić information content (AvgIpc) is 3.44. The van der Waals surface area contributed by atoms with E-state index in [1.54, 1.807) is 7.11 Å². The summed E-state index contributed by atoms with van der Waals surface area (Å²) in [6.07, 6.45) is 7.43. The van der Waals surface area contributed by atoms with E-state index in [4.69, 9.17) is 9.84 Å². The van der Waals surface area contributed by atoms with Gasteiger partial charge in [0, 0.05) is 43.1 Å². The number of hydrogen-bond acceptors (Lipinski definition) is 4. The van der Waals surface area contributed by atoms with Gasteiger partial charge in [-0.3, -0.25) is 4.79 Å². The highest BCUT2D eigenvalue weighted by Gasteiger charge is 2.39. The normalized spacial score (nSPS) is 15.0. The average molecular weight is 459 g/mol. The van der Waals surface area contributed by atoms with E-state index < -0.39 is 0 Å². The number of aliphatic hydroxyl groups excluding tert-OH is 1. The molecule has 1 aromatic carbocycles. The molecule has 1 amide bonds. The van der Waals surface area contributed by atoms with Crippen molar-refractivity contribution in [1.82, 2.24) is 4.98 Å². The van der Waals surface area contributed by atoms with E-state index in [0.29, 0.717) is 13.0 Å². The van der Waals surface area contributed by atoms with Crippen LogP contribution in [0.5, 0.6) is 5.75 Å². The monoisotopic (exact) mass is 458 g/mol. The minimum Gasteiger partial charge on any atom is -0.494 e. The third kappa shape index (κ3) is 5.85. The fourth-order valence-electron chi connectivity index (χ4n) is 4.76. The Bertz CT molecular complexity index is 937. The van der Waals surface area contributed by atoms with Gasteiger partial charge in [-0.1, -0.05) is 39.8 Å². The smallest absolute Gasteiger partial charge is 0.226 e. The van der Waals surface area contributed by atoms with E-state index in [1.165, 1.54) is 16.5 Å². The lowest BCUT2D eigenvalue weighted by Crippen LogP contribution is -2.33. The summed E-state index contributed by atoms with van der Waals surface area (Å²) in [7, 11) is 2.66. The maximum Gasteiger partial charge on any atom is 0.226 e. The van der Waals surface area contributed by atoms with Gasteiger partial charge >= 0.3 is 0 Å². The zero-order valence-corrected chi connectivity index (χ0v) is 21.5. The quantitative estimate of drug-likeness (QED) is 0.427. The number of aryl methyl sites for hydroxylation is 1. The first-order valence-electron chi connectivity index (χ1n) is 12.0. The molecule has 1 fully saturated rings. The minimum absolute atomic E-state index is 0.127. The molecule has 2 N–H and O–H groups in total. The topological polar surface area (TPSA) is 82.6 Å². The van der Waals surface area contributed by atoms with Crippen molar-refractivity contribution < 1.29 is 19.4 Å². The highest BCUT2D eigenvalue weighted by molar-refractivity contribution is 6.03. The number of carbonyl (C=O) groups is 2. The summed E-state index contributed by atoms with van der Waals surface area (Å²) in [6.45, 7) is 14.7. The molecule has 4 rings (SSSR count). The van der Waals surface area contributed by atoms with Crippen LogP contribution < -0.4 is 9.64 Å². The van der Waals surface area contributed by atoms with Crippen LogP contribution in [0.25, 0.3) is 10.9 Å². The van der Waals surface area contributed by atoms with Crippen molar-refractivity contribution in [2.24, 2.45) is 5.41 Å². The number of ether oxygens (including phenoxy) is 1. The summed E-state index contributed by atoms with van der Waals surface area (Å²) in [5.41, 5.74) is 5.23. The van der Waals surface area contributed by atoms with Gasteiger partial charge in [-0.15, -0.1) is 0 Å². The zero-order chi connectivity index (χ0) is 25.2. The molecule has 184 valence electrons. The number of aldehydes is 1. The van der Waals surface area contributed by atoms with E-state index in [0.717, 1.165) is 68.0 Å². The SMILES string of the molecule is C=C1CC(C=O)(CCCC(=O)N2CCc3c2cc(OC)c2[nH]cc(C)c32)C1.CC.CC.CO. The fourth-order valence-corrected chi connectivity index (χ4v) is 4.76. The van der Waals surface area contributed by atoms with Crippen molar-refractivity contribution in [2.45, 2.75) is 73.1 Å². The second-order valence-corrected chi connectivity index (χ2v) is 8.03. The molecule has 0 bridgehead atoms. The number of rotatable bonds is 6. The number of H-pyrrole nitrogens is 1. The Morgan fingerprint density at radius 2 is 1.91 bits per heavy atom. The van der Waals surface area contributed by atoms with E-state index in [1.807, 2.05) is 44.9 Å². The van der Waals surface area contributed by atoms with Crippen LogP contribution in [-0.2, 0) is 16.0 Å². The molecular formula is C27H42N2O4. The van der Waals surface area contributed by atoms with Gasteiger partial charge in [0.25, 0.3) is 0 Å². The zero-order valence-electron chi connectivity index (χ0n) is 21.5. The number of anilines is 1. The van der Waals surface area contributed by atoms with Gasteiger partial charge in [0.2, 0.25) is 5.91 Å². The summed E-state index contributed by atoms with van der Waals surface area (Å²) in [5.74, 6) is 0.895. The number of allylic oxidation sites excluding steroid dienone is 1. The van der Waals surface area contributed by atoms with Crippen molar-refractivity contribution in [3.8, 4) is 5.75 Å². The molecule has 2 heterocycles. The Labute approximate surface area is 199 Å². The molecule has 6 heteroatoms. The lowest BCUT2D eigenvalue weighted by Gasteiger charge is -2.38. The highest BCUT2D eigenvalue weighted by atomic mass is 16.5. The van der Waals surface area contributed by atoms with Crippen molar-refractivity contribution in [1.29, 1.82) is 0 Å². The maximum atomic E-state index is 12.9. The molecule has 2 aromatic rings. The Hall–Kier alpha value is -2.60. The number of nitrogens with zero attached hydrogens (tertiary/aromatic N) is 1. The van der Waals surface area contributed by atoms with Gasteiger partial charge in [0.05, 0.1) is 18.3 Å². The summed E-state index contributed by atoms with van der Waals surface area (Å²) in [6, 6.07) is 1.97. The Morgan fingerprint density at radius 3 is 2.45 bits per heavy atom. The molecule has 1 saturated carbocycles. The van der Waals surface area contributed by atoms with Gasteiger partial charge in [-0.05, 0) is 50.2 Å². The number of nitrogens with one attached hydrogen (secondary N) is 1. The van der Waals surface area contributed by atoms with E-state index in [9.17, 15) is 9.59 Å². The number of hydrogen-bond donors (Lipinski definition) is 2. The van der Waals surface area contributed by atoms with E-state index >= 15 is 0 Å². The lowest BCUT2D eigenvalue weighted by atomic mass is 9.64. The van der Waals surface area contributed by atoms with Gasteiger partial charge < -0.3 is 24.5 Å². The van der Waals surface area contributed by atoms with Crippen LogP contribution >= 0.6 is 0 Å². The molecule has 0 spiro atoms. The molecule has 1 aromatic heterocycles. The van der Waals surface area contributed by atoms with Crippen LogP contribution in [0.1, 0.15) is 70.9 Å². The van der Waals surface area contributed by atoms with Crippen LogP contribution in [0, 0.1) is 12.3 Å². The molecular weight excluding hydrogens is 416 g/mol. The van der Waals surface area contributed by atoms with Crippen LogP contribution in [0.2, 0.25) is 0 Å². The van der Waals surface area contributed by atoms with Crippen molar-refractivity contribution >= 4 is 28.8 Å². The van der Waals surface area contributed by atoms with Crippen LogP contribution in [0.4, 0.5) is 5.69 Å². The third-order valence-electron chi connectivity index (χ3n) is 6.12. The molecule has 6 nitrogen and oxygen atoms in total. The molecule has 0 radical (unpaired) electrons. The standard InChI is InChI=1S/C22H26N2O3.2C2H6.CH4O/c1-14-10-22(11-14,13-25)7-4-5-19(26)24-8-6-16-17(24)9-18(27-3)21-20(16)15(2)12-23-21;3*1-2/h9,12-13,23H,1,4-8,10-11H2,2-3H3;2*1-2H3;2H,1H3. The molecule has 1 aliphatic carbocycles. The second-order valence-electron chi connectivity index (χ2n) is 8.03. The molecule has 1 aliphatic heterocycles. The fraction of sp³-hybridized carbons (Fsp3) is 0.556. The maximum absolute atomic E-state index is 12.9. The third-order valence-corrected chi connectivity index (χ3v) is 6.12. The molecule has 0 atom stereocenters. The number of amides is 1. The molecule has 33 heavy (non-hydrogen) atoms. The van der Waals surface area contributed by atoms with E-state index in [2.05, 4.69) is 18.5 Å². The summed E-state index contributed by atoms with van der Waals surface area (Å²) in [4.78, 5) is 29.5. The highest BCUT2D eigenvalue weighted by Crippen LogP contribution is 2.46. The number of carbonyl (C=O) groups excluding carboxylic acids is 2. The Kier molecular flexibility index (Phi) is 11.4. The van der Waals surface area contributed by atoms with Gasteiger partial charge in [0.1, 0.15) is 12.0 Å². The molecule has 0 unspecified atom stereocenters. The predicted octanol–water partition coefficient (Wildman–Crippen LogP) is 5.74. The summed E-state index contributed by atoms with van der Waals surface area (Å²) < 4.78 is 5.55. The number of benzene rings is 1. The largest absolute Gasteiger partial charge is 0.494 e. The number of aliphatic hydroxyl groups is 1. The van der Waals surface area contributed by atoms with Crippen LogP contribution in [0.15, 0.2) is 24.4 Å². The number of aromatic amines is 1. The minimum atomic E-state index is -0.266. The van der Waals surface area contributed by atoms with Crippen LogP contribution in [0.3, 0.4) is 0 Å². The van der Waals surface area contributed by atoms with Crippen molar-refractivity contribution in [3.05, 3.63) is 35.5 Å². The first kappa shape index (κ1) is 28.4. The lowest BCUT2D eigenvalue weighted by molar-refractivity contribution is -0.121. The number of methoxy groups -OCH3 is 1. The molecule has 0 saturated heterocycles. The Balaban J connectivity index is 0.000000841. The van der Waals surface area contributed by atoms with Crippen molar-refractivity contribution in [2.75, 3.05) is 25.7 Å². The molecule has 2 aliphatic rings. The predicted molar refractivity (Wildman–Crippen MR) is 137 cm³/mol. The first-order chi connectivity index (χ1) is 16.0. The van der Waals surface area contributed by atoms with Crippen molar-refractivity contribution in [3.63, 3.8) is 0 Å². The van der Waals surface area contributed by atoms with Gasteiger partial charge in [0.15, 0.2) is 0 Å².